The number of anilines is 1. The van der Waals surface area contributed by atoms with E-state index in [9.17, 15) is 14.0 Å². The number of carbonyl (C=O) groups is 2. The van der Waals surface area contributed by atoms with Crippen LogP contribution < -0.4 is 16.4 Å². The van der Waals surface area contributed by atoms with Crippen LogP contribution in [0.25, 0.3) is 0 Å². The van der Waals surface area contributed by atoms with Gasteiger partial charge in [0.05, 0.1) is 11.6 Å². The summed E-state index contributed by atoms with van der Waals surface area (Å²) in [7, 11) is 0. The van der Waals surface area contributed by atoms with E-state index in [0.29, 0.717) is 6.42 Å². The number of hydrogen-bond acceptors (Lipinski definition) is 5. The van der Waals surface area contributed by atoms with E-state index < -0.39 is 47.9 Å². The highest BCUT2D eigenvalue weighted by molar-refractivity contribution is 6.30. The fraction of sp³-hybridized carbons (Fsp3) is 0.407. The molecule has 4 atom stereocenters. The van der Waals surface area contributed by atoms with Crippen molar-refractivity contribution >= 4 is 41.0 Å². The smallest absolute Gasteiger partial charge is 0.371 e. The molecule has 1 amide bonds. The minimum absolute atomic E-state index is 0.000473. The molecule has 0 bridgehead atoms. The second kappa shape index (κ2) is 12.0. The van der Waals surface area contributed by atoms with E-state index in [4.69, 9.17) is 38.5 Å². The number of aromatic carboxylic acids is 1. The van der Waals surface area contributed by atoms with Crippen molar-refractivity contribution in [2.45, 2.75) is 51.2 Å². The average Bonchev–Trinajstić information content (AvgIpc) is 3.39. The summed E-state index contributed by atoms with van der Waals surface area (Å²) < 4.78 is 33.3. The Morgan fingerprint density at radius 3 is 2.58 bits per heavy atom. The van der Waals surface area contributed by atoms with Crippen LogP contribution in [0.3, 0.4) is 0 Å². The van der Waals surface area contributed by atoms with Crippen molar-refractivity contribution in [2.75, 3.05) is 12.0 Å². The number of halogens is 4. The van der Waals surface area contributed by atoms with Gasteiger partial charge in [0.15, 0.2) is 0 Å². The second-order valence-electron chi connectivity index (χ2n) is 10.5. The Morgan fingerprint density at radius 1 is 1.29 bits per heavy atom. The minimum atomic E-state index is -1.36. The zero-order chi connectivity index (χ0) is 28.3. The van der Waals surface area contributed by atoms with Crippen molar-refractivity contribution in [3.05, 3.63) is 75.8 Å². The Morgan fingerprint density at radius 2 is 2.00 bits per heavy atom. The molecule has 0 saturated carbocycles. The SMILES string of the molecule is CC(C)(C)C[C@@H]1N[C@@H](C(=O)Nc2ccc(C(=O)O)o2)[C@H](C/C=C\C=C(\Cl)CF)[C@@]1(N)c1ccc(Cl)cc1F. The molecule has 2 heterocycles. The van der Waals surface area contributed by atoms with Gasteiger partial charge in [-0.3, -0.25) is 10.1 Å². The van der Waals surface area contributed by atoms with Gasteiger partial charge < -0.3 is 20.6 Å². The van der Waals surface area contributed by atoms with Crippen molar-refractivity contribution < 1.29 is 27.9 Å². The van der Waals surface area contributed by atoms with Crippen LogP contribution >= 0.6 is 23.2 Å². The van der Waals surface area contributed by atoms with Gasteiger partial charge in [0.1, 0.15) is 12.5 Å². The highest BCUT2D eigenvalue weighted by atomic mass is 35.5. The molecule has 5 N–H and O–H groups in total. The average molecular weight is 570 g/mol. The number of rotatable bonds is 9. The summed E-state index contributed by atoms with van der Waals surface area (Å²) >= 11 is 11.8. The molecule has 1 aliphatic rings. The summed E-state index contributed by atoms with van der Waals surface area (Å²) in [6.45, 7) is 5.20. The lowest BCUT2D eigenvalue weighted by molar-refractivity contribution is -0.119. The van der Waals surface area contributed by atoms with Gasteiger partial charge in [-0.15, -0.1) is 0 Å². The van der Waals surface area contributed by atoms with Crippen LogP contribution in [-0.2, 0) is 10.3 Å². The van der Waals surface area contributed by atoms with E-state index in [1.165, 1.54) is 30.3 Å². The molecule has 0 unspecified atom stereocenters. The van der Waals surface area contributed by atoms with Gasteiger partial charge in [-0.25, -0.2) is 13.6 Å². The number of furan rings is 1. The van der Waals surface area contributed by atoms with Gasteiger partial charge in [0.2, 0.25) is 17.6 Å². The Hall–Kier alpha value is -2.72. The lowest BCUT2D eigenvalue weighted by Crippen LogP contribution is -2.53. The fourth-order valence-electron chi connectivity index (χ4n) is 4.82. The van der Waals surface area contributed by atoms with E-state index in [1.54, 1.807) is 18.2 Å². The number of nitrogens with two attached hydrogens (primary N) is 1. The predicted molar refractivity (Wildman–Crippen MR) is 144 cm³/mol. The van der Waals surface area contributed by atoms with Crippen LogP contribution in [0.1, 0.15) is 49.7 Å². The van der Waals surface area contributed by atoms with Crippen molar-refractivity contribution in [1.82, 2.24) is 5.32 Å². The Kier molecular flexibility index (Phi) is 9.41. The number of alkyl halides is 1. The topological polar surface area (TPSA) is 118 Å². The third-order valence-electron chi connectivity index (χ3n) is 6.46. The molecular weight excluding hydrogens is 539 g/mol. The van der Waals surface area contributed by atoms with Gasteiger partial charge in [0.25, 0.3) is 0 Å². The lowest BCUT2D eigenvalue weighted by atomic mass is 9.69. The molecule has 0 aliphatic carbocycles. The maximum atomic E-state index is 15.4. The maximum absolute atomic E-state index is 15.4. The fourth-order valence-corrected chi connectivity index (χ4v) is 5.06. The predicted octanol–water partition coefficient (Wildman–Crippen LogP) is 5.99. The molecule has 1 aliphatic heterocycles. The first-order valence-electron chi connectivity index (χ1n) is 12.0. The van der Waals surface area contributed by atoms with Gasteiger partial charge in [-0.1, -0.05) is 62.2 Å². The monoisotopic (exact) mass is 569 g/mol. The molecule has 11 heteroatoms. The molecule has 38 heavy (non-hydrogen) atoms. The molecule has 206 valence electrons. The molecule has 7 nitrogen and oxygen atoms in total. The summed E-state index contributed by atoms with van der Waals surface area (Å²) in [5, 5.41) is 15.2. The third kappa shape index (κ3) is 6.83. The summed E-state index contributed by atoms with van der Waals surface area (Å²) in [5.74, 6) is -3.50. The van der Waals surface area contributed by atoms with Crippen LogP contribution in [0, 0.1) is 17.2 Å². The van der Waals surface area contributed by atoms with E-state index in [0.717, 1.165) is 0 Å². The first-order valence-corrected chi connectivity index (χ1v) is 12.7. The summed E-state index contributed by atoms with van der Waals surface area (Å²) in [6, 6.07) is 5.34. The first kappa shape index (κ1) is 29.8. The van der Waals surface area contributed by atoms with Crippen LogP contribution in [0.2, 0.25) is 5.02 Å². The molecule has 2 aromatic rings. The standard InChI is InChI=1S/C27H31Cl2F2N3O4/c1-26(2,3)13-21-27(32,17-9-8-15(28)12-19(17)31)18(7-5-4-6-16(29)14-30)23(33-21)24(35)34-22-11-10-20(38-22)25(36)37/h4-6,8-12,18,21,23,33H,7,13-14,32H2,1-3H3,(H,34,35)(H,36,37)/b5-4-,16-6+/t18-,21-,23+,27-/m0/s1. The number of carbonyl (C=O) groups excluding carboxylic acids is 1. The number of nitrogens with one attached hydrogen (secondary N) is 2. The Balaban J connectivity index is 2.06. The van der Waals surface area contributed by atoms with Crippen molar-refractivity contribution in [2.24, 2.45) is 17.1 Å². The van der Waals surface area contributed by atoms with Crippen LogP contribution in [0.4, 0.5) is 14.7 Å². The van der Waals surface area contributed by atoms with E-state index in [-0.39, 0.29) is 39.1 Å². The summed E-state index contributed by atoms with van der Waals surface area (Å²) in [4.78, 5) is 24.7. The lowest BCUT2D eigenvalue weighted by Gasteiger charge is -2.39. The van der Waals surface area contributed by atoms with Crippen LogP contribution in [0.5, 0.6) is 0 Å². The first-order chi connectivity index (χ1) is 17.8. The molecular formula is C27H31Cl2F2N3O4. The summed E-state index contributed by atoms with van der Waals surface area (Å²) in [5.41, 5.74) is 5.69. The zero-order valence-corrected chi connectivity index (χ0v) is 22.7. The number of allylic oxidation sites excluding steroid dienone is 4. The highest BCUT2D eigenvalue weighted by Gasteiger charge is 2.56. The molecule has 3 rings (SSSR count). The van der Waals surface area contributed by atoms with Gasteiger partial charge in [-0.05, 0) is 42.5 Å². The molecule has 1 aromatic carbocycles. The number of carboxylic acid groups (broad SMARTS) is 1. The number of amides is 1. The van der Waals surface area contributed by atoms with Crippen LogP contribution in [-0.4, -0.2) is 35.7 Å². The number of hydrogen-bond donors (Lipinski definition) is 4. The molecule has 1 fully saturated rings. The number of benzene rings is 1. The normalized spacial score (nSPS) is 24.2. The zero-order valence-electron chi connectivity index (χ0n) is 21.2. The second-order valence-corrected chi connectivity index (χ2v) is 11.4. The number of carboxylic acids is 1. The van der Waals surface area contributed by atoms with E-state index in [1.807, 2.05) is 20.8 Å². The molecule has 1 aromatic heterocycles. The van der Waals surface area contributed by atoms with Gasteiger partial charge >= 0.3 is 5.97 Å². The molecule has 1 saturated heterocycles. The third-order valence-corrected chi connectivity index (χ3v) is 6.93. The molecule has 0 radical (unpaired) electrons. The van der Waals surface area contributed by atoms with Crippen molar-refractivity contribution in [3.63, 3.8) is 0 Å². The van der Waals surface area contributed by atoms with E-state index in [2.05, 4.69) is 10.6 Å². The van der Waals surface area contributed by atoms with Crippen molar-refractivity contribution in [3.8, 4) is 0 Å². The van der Waals surface area contributed by atoms with E-state index >= 15 is 4.39 Å². The highest BCUT2D eigenvalue weighted by Crippen LogP contribution is 2.45. The Labute approximate surface area is 230 Å². The quantitative estimate of drug-likeness (QED) is 0.275. The van der Waals surface area contributed by atoms with Gasteiger partial charge in [-0.2, -0.15) is 0 Å². The summed E-state index contributed by atoms with van der Waals surface area (Å²) in [6.07, 6.45) is 5.33. The maximum Gasteiger partial charge on any atom is 0.371 e. The Bertz CT molecular complexity index is 1240. The van der Waals surface area contributed by atoms with Crippen molar-refractivity contribution in [1.29, 1.82) is 0 Å². The largest absolute Gasteiger partial charge is 0.475 e. The molecule has 0 spiro atoms. The van der Waals surface area contributed by atoms with Gasteiger partial charge in [0, 0.05) is 33.6 Å². The van der Waals surface area contributed by atoms with Crippen LogP contribution in [0.15, 0.2) is 58.0 Å². The minimum Gasteiger partial charge on any atom is -0.475 e.